The molecule has 0 amide bonds. The van der Waals surface area contributed by atoms with Gasteiger partial charge in [-0.3, -0.25) is 14.4 Å². The van der Waals surface area contributed by atoms with Crippen molar-refractivity contribution in [2.45, 2.75) is 33.2 Å². The number of ether oxygens (including phenoxy) is 2. The zero-order valence-electron chi connectivity index (χ0n) is 18.2. The number of benzene rings is 2. The molecule has 0 saturated carbocycles. The van der Waals surface area contributed by atoms with Gasteiger partial charge in [0.2, 0.25) is 0 Å². The van der Waals surface area contributed by atoms with Crippen LogP contribution in [0.3, 0.4) is 0 Å². The van der Waals surface area contributed by atoms with E-state index in [1.54, 1.807) is 7.11 Å². The van der Waals surface area contributed by atoms with E-state index in [2.05, 4.69) is 10.2 Å². The number of esters is 1. The van der Waals surface area contributed by atoms with E-state index in [0.29, 0.717) is 12.4 Å². The molecular formula is C24H26N4O3. The van der Waals surface area contributed by atoms with Crippen molar-refractivity contribution in [2.75, 3.05) is 13.7 Å². The Morgan fingerprint density at radius 2 is 1.90 bits per heavy atom. The van der Waals surface area contributed by atoms with Gasteiger partial charge < -0.3 is 9.47 Å². The highest BCUT2D eigenvalue weighted by Gasteiger charge is 2.30. The molecule has 1 atom stereocenters. The molecule has 160 valence electrons. The van der Waals surface area contributed by atoms with Crippen LogP contribution in [0, 0.1) is 12.8 Å². The van der Waals surface area contributed by atoms with Crippen LogP contribution in [0.4, 0.5) is 0 Å². The Morgan fingerprint density at radius 1 is 1.13 bits per heavy atom. The third-order valence-electron chi connectivity index (χ3n) is 5.12. The van der Waals surface area contributed by atoms with Crippen molar-refractivity contribution in [1.82, 2.24) is 14.8 Å². The summed E-state index contributed by atoms with van der Waals surface area (Å²) < 4.78 is 12.9. The largest absolute Gasteiger partial charge is 0.497 e. The molecule has 1 aromatic heterocycles. The predicted octanol–water partition coefficient (Wildman–Crippen LogP) is 4.07. The van der Waals surface area contributed by atoms with Crippen molar-refractivity contribution < 1.29 is 14.3 Å². The van der Waals surface area contributed by atoms with Gasteiger partial charge in [0.15, 0.2) is 5.82 Å². The lowest BCUT2D eigenvalue weighted by molar-refractivity contribution is -0.145. The first-order chi connectivity index (χ1) is 15.0. The second-order valence-corrected chi connectivity index (χ2v) is 7.96. The molecule has 0 saturated heterocycles. The second kappa shape index (κ2) is 8.71. The monoisotopic (exact) mass is 418 g/mol. The highest BCUT2D eigenvalue weighted by molar-refractivity contribution is 6.15. The average Bonchev–Trinajstić information content (AvgIpc) is 3.10. The number of carbonyl (C=O) groups excluding carboxylic acids is 1. The SMILES string of the molecule is COc1ccc2c(c1)C(c1ccccc1)=N[C@@H](CC(=O)OCC(C)C)c1nnc(C)n1-2. The minimum absolute atomic E-state index is 0.0896. The maximum absolute atomic E-state index is 12.6. The maximum atomic E-state index is 12.6. The Balaban J connectivity index is 1.87. The number of carbonyl (C=O) groups is 1. The first kappa shape index (κ1) is 20.8. The van der Waals surface area contributed by atoms with E-state index in [9.17, 15) is 4.79 Å². The lowest BCUT2D eigenvalue weighted by atomic mass is 10.00. The van der Waals surface area contributed by atoms with Crippen LogP contribution in [0.1, 0.15) is 49.1 Å². The molecule has 2 aromatic carbocycles. The second-order valence-electron chi connectivity index (χ2n) is 7.96. The molecule has 0 unspecified atom stereocenters. The number of hydrogen-bond acceptors (Lipinski definition) is 6. The molecule has 0 aliphatic carbocycles. The summed E-state index contributed by atoms with van der Waals surface area (Å²) in [6, 6.07) is 15.3. The van der Waals surface area contributed by atoms with Crippen LogP contribution in [0.5, 0.6) is 5.75 Å². The van der Waals surface area contributed by atoms with E-state index >= 15 is 0 Å². The third kappa shape index (κ3) is 4.21. The molecule has 0 N–H and O–H groups in total. The summed E-state index contributed by atoms with van der Waals surface area (Å²) in [5.74, 6) is 2.04. The van der Waals surface area contributed by atoms with Gasteiger partial charge >= 0.3 is 5.97 Å². The molecule has 3 aromatic rings. The molecule has 2 heterocycles. The van der Waals surface area contributed by atoms with Crippen LogP contribution in [0.2, 0.25) is 0 Å². The first-order valence-electron chi connectivity index (χ1n) is 10.4. The van der Waals surface area contributed by atoms with E-state index in [1.165, 1.54) is 0 Å². The molecule has 7 nitrogen and oxygen atoms in total. The quantitative estimate of drug-likeness (QED) is 0.564. The van der Waals surface area contributed by atoms with E-state index < -0.39 is 6.04 Å². The van der Waals surface area contributed by atoms with Gasteiger partial charge in [0.25, 0.3) is 0 Å². The fourth-order valence-electron chi connectivity index (χ4n) is 3.64. The first-order valence-corrected chi connectivity index (χ1v) is 10.4. The Morgan fingerprint density at radius 3 is 2.61 bits per heavy atom. The summed E-state index contributed by atoms with van der Waals surface area (Å²) in [5.41, 5.74) is 3.53. The van der Waals surface area contributed by atoms with Gasteiger partial charge in [-0.15, -0.1) is 10.2 Å². The predicted molar refractivity (Wildman–Crippen MR) is 118 cm³/mol. The van der Waals surface area contributed by atoms with Gasteiger partial charge in [0, 0.05) is 11.1 Å². The van der Waals surface area contributed by atoms with E-state index in [-0.39, 0.29) is 18.3 Å². The van der Waals surface area contributed by atoms with Gasteiger partial charge in [-0.25, -0.2) is 0 Å². The zero-order chi connectivity index (χ0) is 22.0. The third-order valence-corrected chi connectivity index (χ3v) is 5.12. The summed E-state index contributed by atoms with van der Waals surface area (Å²) in [5, 5.41) is 8.65. The van der Waals surface area contributed by atoms with Gasteiger partial charge in [-0.2, -0.15) is 0 Å². The number of aromatic nitrogens is 3. The average molecular weight is 418 g/mol. The topological polar surface area (TPSA) is 78.6 Å². The summed E-state index contributed by atoms with van der Waals surface area (Å²) in [7, 11) is 1.64. The highest BCUT2D eigenvalue weighted by atomic mass is 16.5. The number of aryl methyl sites for hydroxylation is 1. The number of hydrogen-bond donors (Lipinski definition) is 0. The molecule has 0 radical (unpaired) electrons. The van der Waals surface area contributed by atoms with Crippen molar-refractivity contribution in [3.8, 4) is 11.4 Å². The van der Waals surface area contributed by atoms with E-state index in [1.807, 2.05) is 73.9 Å². The maximum Gasteiger partial charge on any atom is 0.308 e. The van der Waals surface area contributed by atoms with Crippen molar-refractivity contribution >= 4 is 11.7 Å². The van der Waals surface area contributed by atoms with Crippen LogP contribution in [0.15, 0.2) is 53.5 Å². The lowest BCUT2D eigenvalue weighted by Gasteiger charge is -2.14. The van der Waals surface area contributed by atoms with Crippen molar-refractivity contribution in [1.29, 1.82) is 0 Å². The number of methoxy groups -OCH3 is 1. The highest BCUT2D eigenvalue weighted by Crippen LogP contribution is 2.34. The molecule has 0 spiro atoms. The zero-order valence-corrected chi connectivity index (χ0v) is 18.2. The van der Waals surface area contributed by atoms with Gasteiger partial charge in [-0.05, 0) is 31.0 Å². The number of nitrogens with zero attached hydrogens (tertiary/aromatic N) is 4. The Bertz CT molecular complexity index is 1120. The summed E-state index contributed by atoms with van der Waals surface area (Å²) >= 11 is 0. The van der Waals surface area contributed by atoms with E-state index in [0.717, 1.165) is 34.1 Å². The van der Waals surface area contributed by atoms with Crippen molar-refractivity contribution in [3.05, 3.63) is 71.3 Å². The molecule has 7 heteroatoms. The van der Waals surface area contributed by atoms with Crippen molar-refractivity contribution in [2.24, 2.45) is 10.9 Å². The fraction of sp³-hybridized carbons (Fsp3) is 0.333. The van der Waals surface area contributed by atoms with Gasteiger partial charge in [0.05, 0.1) is 31.5 Å². The molecule has 1 aliphatic rings. The van der Waals surface area contributed by atoms with Crippen LogP contribution in [0.25, 0.3) is 5.69 Å². The molecule has 4 rings (SSSR count). The fourth-order valence-corrected chi connectivity index (χ4v) is 3.64. The van der Waals surface area contributed by atoms with E-state index in [4.69, 9.17) is 14.5 Å². The number of rotatable bonds is 6. The Labute approximate surface area is 181 Å². The summed E-state index contributed by atoms with van der Waals surface area (Å²) in [4.78, 5) is 17.6. The lowest BCUT2D eigenvalue weighted by Crippen LogP contribution is -2.15. The molecule has 0 fully saturated rings. The van der Waals surface area contributed by atoms with Crippen LogP contribution >= 0.6 is 0 Å². The van der Waals surface area contributed by atoms with Gasteiger partial charge in [0.1, 0.15) is 17.6 Å². The van der Waals surface area contributed by atoms with Gasteiger partial charge in [-0.1, -0.05) is 44.2 Å². The van der Waals surface area contributed by atoms with Crippen LogP contribution in [-0.2, 0) is 9.53 Å². The molecule has 1 aliphatic heterocycles. The smallest absolute Gasteiger partial charge is 0.308 e. The number of aliphatic imine (C=N–C) groups is 1. The summed E-state index contributed by atoms with van der Waals surface area (Å²) in [6.45, 7) is 6.29. The number of fused-ring (bicyclic) bond motifs is 3. The molecular weight excluding hydrogens is 392 g/mol. The molecule has 0 bridgehead atoms. The van der Waals surface area contributed by atoms with Crippen molar-refractivity contribution in [3.63, 3.8) is 0 Å². The molecule has 31 heavy (non-hydrogen) atoms. The Kier molecular flexibility index (Phi) is 5.84. The minimum atomic E-state index is -0.519. The normalized spacial score (nSPS) is 15.0. The minimum Gasteiger partial charge on any atom is -0.497 e. The Hall–Kier alpha value is -3.48. The van der Waals surface area contributed by atoms with Crippen LogP contribution in [-0.4, -0.2) is 40.2 Å². The van der Waals surface area contributed by atoms with Crippen LogP contribution < -0.4 is 4.74 Å². The standard InChI is InChI=1S/C24H26N4O3/c1-15(2)14-31-22(29)13-20-24-27-26-16(3)28(24)21-11-10-18(30-4)12-19(21)23(25-20)17-8-6-5-7-9-17/h5-12,15,20H,13-14H2,1-4H3/t20-/m0/s1. The summed E-state index contributed by atoms with van der Waals surface area (Å²) in [6.07, 6.45) is 0.0896.